The number of nitrogens with zero attached hydrogens (tertiary/aromatic N) is 4. The minimum atomic E-state index is -0.0144. The number of hydrogen-bond donors (Lipinski definition) is 2. The highest BCUT2D eigenvalue weighted by Gasteiger charge is 2.12. The first kappa shape index (κ1) is 23.9. The van der Waals surface area contributed by atoms with Gasteiger partial charge in [-0.1, -0.05) is 11.6 Å². The molecule has 0 saturated carbocycles. The van der Waals surface area contributed by atoms with E-state index in [2.05, 4.69) is 52.9 Å². The first-order valence-corrected chi connectivity index (χ1v) is 10.3. The highest BCUT2D eigenvalue weighted by Crippen LogP contribution is 2.29. The van der Waals surface area contributed by atoms with Gasteiger partial charge in [0.25, 0.3) is 5.95 Å². The number of halogens is 1. The van der Waals surface area contributed by atoms with Crippen molar-refractivity contribution in [3.05, 3.63) is 35.5 Å². The summed E-state index contributed by atoms with van der Waals surface area (Å²) in [5.41, 5.74) is 0. The van der Waals surface area contributed by atoms with Crippen LogP contribution in [0.15, 0.2) is 35.5 Å². The Kier molecular flexibility index (Phi) is 9.79. The lowest BCUT2D eigenvalue weighted by atomic mass is 10.2. The number of aromatic nitrogens is 2. The Morgan fingerprint density at radius 1 is 1.17 bits per heavy atom. The van der Waals surface area contributed by atoms with E-state index >= 15 is 0 Å². The highest BCUT2D eigenvalue weighted by atomic mass is 35.5. The smallest absolute Gasteiger partial charge is 0.252 e. The first-order chi connectivity index (χ1) is 14.4. The molecular weight excluding hydrogens is 406 g/mol. The van der Waals surface area contributed by atoms with Gasteiger partial charge in [-0.25, -0.2) is 9.98 Å². The zero-order valence-corrected chi connectivity index (χ0v) is 18.6. The van der Waals surface area contributed by atoms with E-state index in [1.54, 1.807) is 36.8 Å². The Morgan fingerprint density at radius 3 is 2.50 bits per heavy atom. The van der Waals surface area contributed by atoms with Gasteiger partial charge < -0.3 is 24.8 Å². The summed E-state index contributed by atoms with van der Waals surface area (Å²) in [6.45, 7) is 9.60. The Morgan fingerprint density at radius 2 is 1.87 bits per heavy atom. The molecule has 8 nitrogen and oxygen atoms in total. The average Bonchev–Trinajstić information content (AvgIpc) is 2.70. The number of benzene rings is 1. The van der Waals surface area contributed by atoms with Gasteiger partial charge in [0.05, 0.1) is 32.4 Å². The monoisotopic (exact) mass is 435 g/mol. The molecule has 0 amide bonds. The number of nitrogens with one attached hydrogen (secondary N) is 1. The van der Waals surface area contributed by atoms with Crippen molar-refractivity contribution in [1.29, 1.82) is 0 Å². The van der Waals surface area contributed by atoms with Crippen LogP contribution in [-0.4, -0.2) is 64.8 Å². The second-order valence-electron chi connectivity index (χ2n) is 7.08. The van der Waals surface area contributed by atoms with Crippen molar-refractivity contribution >= 4 is 29.7 Å². The summed E-state index contributed by atoms with van der Waals surface area (Å²) in [5.74, 6) is 1.90. The van der Waals surface area contributed by atoms with Crippen LogP contribution in [0, 0.1) is 0 Å². The molecule has 0 aliphatic heterocycles. The molecule has 1 heterocycles. The van der Waals surface area contributed by atoms with Crippen molar-refractivity contribution in [3.63, 3.8) is 0 Å². The second-order valence-corrected chi connectivity index (χ2v) is 7.52. The van der Waals surface area contributed by atoms with E-state index in [1.165, 1.54) is 0 Å². The number of aliphatic imine (C=N–C) groups is 1. The number of rotatable bonds is 12. The van der Waals surface area contributed by atoms with E-state index < -0.39 is 0 Å². The number of aliphatic hydroxyl groups is 1. The molecule has 2 N–H and O–H groups in total. The maximum atomic E-state index is 8.81. The van der Waals surface area contributed by atoms with Crippen LogP contribution in [0.4, 0.5) is 11.8 Å². The van der Waals surface area contributed by atoms with Gasteiger partial charge in [0.15, 0.2) is 11.6 Å². The van der Waals surface area contributed by atoms with Crippen molar-refractivity contribution in [2.45, 2.75) is 39.8 Å². The molecule has 1 aromatic carbocycles. The molecule has 0 saturated heterocycles. The molecule has 2 aromatic rings. The van der Waals surface area contributed by atoms with Gasteiger partial charge in [0.2, 0.25) is 0 Å². The number of hydrogen-bond acceptors (Lipinski definition) is 7. The quantitative estimate of drug-likeness (QED) is 0.294. The fourth-order valence-corrected chi connectivity index (χ4v) is 2.77. The van der Waals surface area contributed by atoms with E-state index in [4.69, 9.17) is 26.2 Å². The Bertz CT molecular complexity index is 792. The Balaban J connectivity index is 2.19. The van der Waals surface area contributed by atoms with Crippen molar-refractivity contribution < 1.29 is 14.6 Å². The van der Waals surface area contributed by atoms with Crippen molar-refractivity contribution in [3.8, 4) is 11.5 Å². The average molecular weight is 436 g/mol. The predicted molar refractivity (Wildman–Crippen MR) is 120 cm³/mol. The van der Waals surface area contributed by atoms with E-state index in [9.17, 15) is 0 Å². The van der Waals surface area contributed by atoms with E-state index in [1.807, 2.05) is 0 Å². The van der Waals surface area contributed by atoms with Gasteiger partial charge in [-0.3, -0.25) is 0 Å². The topological polar surface area (TPSA) is 92.1 Å². The van der Waals surface area contributed by atoms with Crippen LogP contribution < -0.4 is 10.1 Å². The van der Waals surface area contributed by atoms with Crippen LogP contribution >= 0.6 is 11.6 Å². The zero-order chi connectivity index (χ0) is 21.9. The molecule has 0 aliphatic carbocycles. The van der Waals surface area contributed by atoms with Gasteiger partial charge in [0, 0.05) is 23.7 Å². The molecule has 9 heteroatoms. The molecule has 0 radical (unpaired) electrons. The van der Waals surface area contributed by atoms with Gasteiger partial charge in [-0.05, 0) is 52.0 Å². The maximum absolute atomic E-state index is 8.81. The lowest BCUT2D eigenvalue weighted by Gasteiger charge is -2.27. The maximum Gasteiger partial charge on any atom is 0.252 e. The van der Waals surface area contributed by atoms with Gasteiger partial charge in [-0.15, -0.1) is 0 Å². The molecule has 0 aliphatic rings. The first-order valence-electron chi connectivity index (χ1n) is 9.95. The molecule has 2 rings (SSSR count). The third kappa shape index (κ3) is 7.78. The van der Waals surface area contributed by atoms with Crippen molar-refractivity contribution in [2.75, 3.05) is 31.7 Å². The Labute approximate surface area is 182 Å². The van der Waals surface area contributed by atoms with Crippen LogP contribution in [0.25, 0.3) is 0 Å². The summed E-state index contributed by atoms with van der Waals surface area (Å²) in [6, 6.07) is 7.65. The standard InChI is InChI=1S/C21H30ClN5O3/c1-15(2)27(16(3)4)14-25-21-24-13-19(30-18-7-5-17(22)6-8-18)20(26-21)23-9-11-29-12-10-28/h5-8,13-16,28H,9-12H2,1-4H3,(H,23,24,26). The van der Waals surface area contributed by atoms with Gasteiger partial charge in [-0.2, -0.15) is 4.98 Å². The zero-order valence-electron chi connectivity index (χ0n) is 17.9. The van der Waals surface area contributed by atoms with Crippen LogP contribution in [0.3, 0.4) is 0 Å². The number of aliphatic hydroxyl groups excluding tert-OH is 1. The Hall–Kier alpha value is -2.42. The minimum absolute atomic E-state index is 0.0144. The highest BCUT2D eigenvalue weighted by molar-refractivity contribution is 6.30. The van der Waals surface area contributed by atoms with E-state index in [0.717, 1.165) is 0 Å². The molecule has 0 spiro atoms. The number of anilines is 1. The van der Waals surface area contributed by atoms with Crippen LogP contribution in [0.5, 0.6) is 11.5 Å². The summed E-state index contributed by atoms with van der Waals surface area (Å²) in [5, 5.41) is 12.6. The number of ether oxygens (including phenoxy) is 2. The molecular formula is C21H30ClN5O3. The normalized spacial score (nSPS) is 11.5. The predicted octanol–water partition coefficient (Wildman–Crippen LogP) is 4.12. The van der Waals surface area contributed by atoms with Crippen molar-refractivity contribution in [1.82, 2.24) is 14.9 Å². The fraction of sp³-hybridized carbons (Fsp3) is 0.476. The van der Waals surface area contributed by atoms with Crippen LogP contribution in [0.2, 0.25) is 5.02 Å². The molecule has 164 valence electrons. The van der Waals surface area contributed by atoms with E-state index in [0.29, 0.717) is 53.5 Å². The summed E-state index contributed by atoms with van der Waals surface area (Å²) >= 11 is 5.94. The molecule has 0 atom stereocenters. The largest absolute Gasteiger partial charge is 0.452 e. The van der Waals surface area contributed by atoms with Gasteiger partial charge in [0.1, 0.15) is 5.75 Å². The summed E-state index contributed by atoms with van der Waals surface area (Å²) in [6.07, 6.45) is 3.35. The molecule has 0 fully saturated rings. The van der Waals surface area contributed by atoms with Crippen LogP contribution in [-0.2, 0) is 4.74 Å². The molecule has 30 heavy (non-hydrogen) atoms. The second kappa shape index (κ2) is 12.3. The summed E-state index contributed by atoms with van der Waals surface area (Å²) in [4.78, 5) is 15.4. The van der Waals surface area contributed by atoms with Crippen LogP contribution in [0.1, 0.15) is 27.7 Å². The third-order valence-electron chi connectivity index (χ3n) is 4.06. The minimum Gasteiger partial charge on any atom is -0.452 e. The van der Waals surface area contributed by atoms with Crippen molar-refractivity contribution in [2.24, 2.45) is 4.99 Å². The summed E-state index contributed by atoms with van der Waals surface area (Å²) in [7, 11) is 0. The lowest BCUT2D eigenvalue weighted by molar-refractivity contribution is 0.0991. The molecule has 0 unspecified atom stereocenters. The SMILES string of the molecule is CC(C)N(C=Nc1ncc(Oc2ccc(Cl)cc2)c(NCCOCCO)n1)C(C)C. The lowest BCUT2D eigenvalue weighted by Crippen LogP contribution is -2.35. The van der Waals surface area contributed by atoms with Gasteiger partial charge >= 0.3 is 0 Å². The third-order valence-corrected chi connectivity index (χ3v) is 4.31. The van der Waals surface area contributed by atoms with E-state index in [-0.39, 0.29) is 13.2 Å². The molecule has 1 aromatic heterocycles. The fourth-order valence-electron chi connectivity index (χ4n) is 2.64. The summed E-state index contributed by atoms with van der Waals surface area (Å²) < 4.78 is 11.2. The molecule has 0 bridgehead atoms.